The molecule has 1 amide bonds. The molecule has 0 radical (unpaired) electrons. The lowest BCUT2D eigenvalue weighted by molar-refractivity contribution is -0.108. The summed E-state index contributed by atoms with van der Waals surface area (Å²) in [5.41, 5.74) is 0. The molecule has 0 aliphatic carbocycles. The molecule has 1 aliphatic heterocycles. The van der Waals surface area contributed by atoms with Crippen molar-refractivity contribution in [1.29, 1.82) is 0 Å². The Balaban J connectivity index is 2.40. The van der Waals surface area contributed by atoms with Gasteiger partial charge in [0.05, 0.1) is 7.11 Å². The van der Waals surface area contributed by atoms with E-state index < -0.39 is 0 Å². The van der Waals surface area contributed by atoms with E-state index in [1.807, 2.05) is 0 Å². The van der Waals surface area contributed by atoms with Gasteiger partial charge >= 0.3 is 6.09 Å². The van der Waals surface area contributed by atoms with Gasteiger partial charge in [-0.25, -0.2) is 4.79 Å². The Morgan fingerprint density at radius 3 is 2.93 bits per heavy atom. The molecular formula is C10H17NO3. The third-order valence-electron chi connectivity index (χ3n) is 2.71. The van der Waals surface area contributed by atoms with Gasteiger partial charge in [-0.3, -0.25) is 0 Å². The van der Waals surface area contributed by atoms with E-state index in [1.165, 1.54) is 7.11 Å². The normalized spacial score (nSPS) is 22.6. The Bertz CT molecular complexity index is 206. The lowest BCUT2D eigenvalue weighted by Crippen LogP contribution is -2.31. The predicted octanol–water partition coefficient (Wildman–Crippen LogP) is 1.44. The summed E-state index contributed by atoms with van der Waals surface area (Å²) in [4.78, 5) is 23.3. The van der Waals surface area contributed by atoms with Crippen LogP contribution in [-0.4, -0.2) is 37.5 Å². The van der Waals surface area contributed by atoms with Gasteiger partial charge in [0.25, 0.3) is 0 Å². The summed E-state index contributed by atoms with van der Waals surface area (Å²) in [6.07, 6.45) is 4.25. The number of carbonyl (C=O) groups excluding carboxylic acids is 2. The SMILES string of the molecule is COC(=O)N1CCCC(CC=O)CC1. The van der Waals surface area contributed by atoms with Crippen LogP contribution in [0.25, 0.3) is 0 Å². The van der Waals surface area contributed by atoms with Crippen molar-refractivity contribution >= 4 is 12.4 Å². The first-order valence-corrected chi connectivity index (χ1v) is 5.04. The van der Waals surface area contributed by atoms with Crippen LogP contribution in [0.3, 0.4) is 0 Å². The molecule has 0 spiro atoms. The van der Waals surface area contributed by atoms with E-state index in [0.717, 1.165) is 32.1 Å². The third-order valence-corrected chi connectivity index (χ3v) is 2.71. The summed E-state index contributed by atoms with van der Waals surface area (Å²) in [7, 11) is 1.40. The molecule has 1 heterocycles. The lowest BCUT2D eigenvalue weighted by atomic mass is 9.98. The number of aldehydes is 1. The maximum absolute atomic E-state index is 11.2. The maximum Gasteiger partial charge on any atom is 0.409 e. The van der Waals surface area contributed by atoms with Gasteiger partial charge in [0.2, 0.25) is 0 Å². The number of rotatable bonds is 2. The first kappa shape index (κ1) is 11.0. The van der Waals surface area contributed by atoms with Crippen molar-refractivity contribution in [3.8, 4) is 0 Å². The molecule has 0 aromatic carbocycles. The van der Waals surface area contributed by atoms with Crippen molar-refractivity contribution in [3.63, 3.8) is 0 Å². The zero-order chi connectivity index (χ0) is 10.4. The van der Waals surface area contributed by atoms with Crippen molar-refractivity contribution < 1.29 is 14.3 Å². The molecule has 4 heteroatoms. The van der Waals surface area contributed by atoms with Gasteiger partial charge in [-0.1, -0.05) is 0 Å². The van der Waals surface area contributed by atoms with Crippen LogP contribution in [0, 0.1) is 5.92 Å². The molecule has 0 aromatic rings. The molecule has 1 fully saturated rings. The molecule has 1 atom stereocenters. The van der Waals surface area contributed by atoms with Gasteiger partial charge < -0.3 is 14.4 Å². The number of nitrogens with zero attached hydrogens (tertiary/aromatic N) is 1. The van der Waals surface area contributed by atoms with Crippen LogP contribution < -0.4 is 0 Å². The number of likely N-dealkylation sites (tertiary alicyclic amines) is 1. The molecule has 0 bridgehead atoms. The number of hydrogen-bond acceptors (Lipinski definition) is 3. The van der Waals surface area contributed by atoms with E-state index >= 15 is 0 Å². The molecule has 80 valence electrons. The Labute approximate surface area is 84.2 Å². The first-order valence-electron chi connectivity index (χ1n) is 5.04. The molecular weight excluding hydrogens is 182 g/mol. The summed E-state index contributed by atoms with van der Waals surface area (Å²) >= 11 is 0. The van der Waals surface area contributed by atoms with Crippen LogP contribution in [0.2, 0.25) is 0 Å². The predicted molar refractivity (Wildman–Crippen MR) is 52.0 cm³/mol. The third kappa shape index (κ3) is 3.01. The molecule has 0 N–H and O–H groups in total. The van der Waals surface area contributed by atoms with Crippen LogP contribution in [0.1, 0.15) is 25.7 Å². The van der Waals surface area contributed by atoms with Gasteiger partial charge in [0.1, 0.15) is 6.29 Å². The summed E-state index contributed by atoms with van der Waals surface area (Å²) in [5.74, 6) is 0.446. The molecule has 0 saturated carbocycles. The maximum atomic E-state index is 11.2. The fourth-order valence-electron chi connectivity index (χ4n) is 1.85. The number of amides is 1. The van der Waals surface area contributed by atoms with E-state index in [-0.39, 0.29) is 6.09 Å². The van der Waals surface area contributed by atoms with E-state index in [9.17, 15) is 9.59 Å². The molecule has 4 nitrogen and oxygen atoms in total. The summed E-state index contributed by atoms with van der Waals surface area (Å²) in [5, 5.41) is 0. The van der Waals surface area contributed by atoms with Gasteiger partial charge in [-0.05, 0) is 25.2 Å². The monoisotopic (exact) mass is 199 g/mol. The van der Waals surface area contributed by atoms with Crippen LogP contribution in [0.4, 0.5) is 4.79 Å². The number of hydrogen-bond donors (Lipinski definition) is 0. The Morgan fingerprint density at radius 2 is 2.29 bits per heavy atom. The number of carbonyl (C=O) groups is 2. The van der Waals surface area contributed by atoms with Crippen molar-refractivity contribution in [3.05, 3.63) is 0 Å². The number of ether oxygens (including phenoxy) is 1. The second kappa shape index (κ2) is 5.62. The first-order chi connectivity index (χ1) is 6.77. The zero-order valence-corrected chi connectivity index (χ0v) is 8.57. The highest BCUT2D eigenvalue weighted by atomic mass is 16.5. The van der Waals surface area contributed by atoms with E-state index in [1.54, 1.807) is 4.90 Å². The van der Waals surface area contributed by atoms with Crippen molar-refractivity contribution in [2.45, 2.75) is 25.7 Å². The van der Waals surface area contributed by atoms with Crippen molar-refractivity contribution in [2.24, 2.45) is 5.92 Å². The smallest absolute Gasteiger partial charge is 0.409 e. The number of methoxy groups -OCH3 is 1. The molecule has 1 saturated heterocycles. The fourth-order valence-corrected chi connectivity index (χ4v) is 1.85. The van der Waals surface area contributed by atoms with Crippen LogP contribution in [0.5, 0.6) is 0 Å². The highest BCUT2D eigenvalue weighted by Gasteiger charge is 2.20. The topological polar surface area (TPSA) is 46.6 Å². The van der Waals surface area contributed by atoms with Crippen molar-refractivity contribution in [1.82, 2.24) is 4.90 Å². The van der Waals surface area contributed by atoms with Gasteiger partial charge in [-0.2, -0.15) is 0 Å². The van der Waals surface area contributed by atoms with Crippen LogP contribution in [-0.2, 0) is 9.53 Å². The zero-order valence-electron chi connectivity index (χ0n) is 8.57. The summed E-state index contributed by atoms with van der Waals surface area (Å²) in [6.45, 7) is 1.47. The molecule has 1 rings (SSSR count). The fraction of sp³-hybridized carbons (Fsp3) is 0.800. The van der Waals surface area contributed by atoms with Crippen LogP contribution in [0.15, 0.2) is 0 Å². The second-order valence-corrected chi connectivity index (χ2v) is 3.66. The van der Waals surface area contributed by atoms with E-state index in [2.05, 4.69) is 4.74 Å². The van der Waals surface area contributed by atoms with Gasteiger partial charge in [0.15, 0.2) is 0 Å². The minimum Gasteiger partial charge on any atom is -0.453 e. The van der Waals surface area contributed by atoms with Gasteiger partial charge in [-0.15, -0.1) is 0 Å². The Morgan fingerprint density at radius 1 is 1.50 bits per heavy atom. The molecule has 0 aromatic heterocycles. The Kier molecular flexibility index (Phi) is 4.43. The lowest BCUT2D eigenvalue weighted by Gasteiger charge is -2.18. The average molecular weight is 199 g/mol. The molecule has 1 unspecified atom stereocenters. The summed E-state index contributed by atoms with van der Waals surface area (Å²) < 4.78 is 4.66. The van der Waals surface area contributed by atoms with Crippen molar-refractivity contribution in [2.75, 3.05) is 20.2 Å². The molecule has 14 heavy (non-hydrogen) atoms. The average Bonchev–Trinajstić information content (AvgIpc) is 2.43. The molecule has 1 aliphatic rings. The minimum absolute atomic E-state index is 0.253. The minimum atomic E-state index is -0.253. The highest BCUT2D eigenvalue weighted by Crippen LogP contribution is 2.19. The van der Waals surface area contributed by atoms with E-state index in [0.29, 0.717) is 18.9 Å². The van der Waals surface area contributed by atoms with Gasteiger partial charge in [0, 0.05) is 19.5 Å². The second-order valence-electron chi connectivity index (χ2n) is 3.66. The highest BCUT2D eigenvalue weighted by molar-refractivity contribution is 5.67. The van der Waals surface area contributed by atoms with E-state index in [4.69, 9.17) is 0 Å². The Hall–Kier alpha value is -1.06. The largest absolute Gasteiger partial charge is 0.453 e. The quantitative estimate of drug-likeness (QED) is 0.632. The van der Waals surface area contributed by atoms with Crippen LogP contribution >= 0.6 is 0 Å². The standard InChI is InChI=1S/C10H17NO3/c1-14-10(13)11-6-2-3-9(4-7-11)5-8-12/h8-9H,2-7H2,1H3. The summed E-state index contributed by atoms with van der Waals surface area (Å²) in [6, 6.07) is 0.